The highest BCUT2D eigenvalue weighted by Crippen LogP contribution is 2.19. The minimum absolute atomic E-state index is 0. The van der Waals surface area contributed by atoms with Crippen LogP contribution in [0.1, 0.15) is 12.0 Å². The average molecular weight is 319 g/mol. The Morgan fingerprint density at radius 2 is 2.10 bits per heavy atom. The zero-order valence-electron chi connectivity index (χ0n) is 12.2. The van der Waals surface area contributed by atoms with Gasteiger partial charge >= 0.3 is 0 Å². The molecule has 0 spiro atoms. The minimum Gasteiger partial charge on any atom is -0.496 e. The molecule has 2 N–H and O–H groups in total. The number of amides is 1. The molecule has 1 aromatic rings. The van der Waals surface area contributed by atoms with E-state index in [9.17, 15) is 4.79 Å². The largest absolute Gasteiger partial charge is 0.496 e. The van der Waals surface area contributed by atoms with Crippen LogP contribution in [0.15, 0.2) is 24.3 Å². The molecule has 0 fully saturated rings. The number of methoxy groups -OCH3 is 1. The molecule has 0 heterocycles. The fourth-order valence-corrected chi connectivity index (χ4v) is 2.31. The molecule has 1 amide bonds. The van der Waals surface area contributed by atoms with Crippen LogP contribution >= 0.6 is 24.2 Å². The van der Waals surface area contributed by atoms with Crippen molar-refractivity contribution in [3.63, 3.8) is 0 Å². The fraction of sp³-hybridized carbons (Fsp3) is 0.500. The van der Waals surface area contributed by atoms with Gasteiger partial charge in [0.15, 0.2) is 0 Å². The zero-order valence-corrected chi connectivity index (χ0v) is 13.8. The molecule has 1 rings (SSSR count). The molecule has 0 radical (unpaired) electrons. The molecule has 0 aromatic heterocycles. The fourth-order valence-electron chi connectivity index (χ4n) is 1.82. The molecule has 114 valence electrons. The number of hydrogen-bond acceptors (Lipinski definition) is 4. The number of carbonyl (C=O) groups excluding carboxylic acids is 1. The number of carbonyl (C=O) groups is 1. The Labute approximate surface area is 131 Å². The molecule has 4 nitrogen and oxygen atoms in total. The summed E-state index contributed by atoms with van der Waals surface area (Å²) >= 11 is 1.70. The lowest BCUT2D eigenvalue weighted by Gasteiger charge is -2.22. The first-order valence-corrected chi connectivity index (χ1v) is 7.61. The topological polar surface area (TPSA) is 55.6 Å². The first-order chi connectivity index (χ1) is 9.10. The van der Waals surface area contributed by atoms with Gasteiger partial charge in [-0.3, -0.25) is 4.79 Å². The highest BCUT2D eigenvalue weighted by atomic mass is 35.5. The van der Waals surface area contributed by atoms with E-state index in [0.717, 1.165) is 17.1 Å². The molecule has 0 bridgehead atoms. The predicted molar refractivity (Wildman–Crippen MR) is 87.7 cm³/mol. The van der Waals surface area contributed by atoms with E-state index in [2.05, 4.69) is 0 Å². The van der Waals surface area contributed by atoms with E-state index in [0.29, 0.717) is 13.0 Å². The number of likely N-dealkylation sites (N-methyl/N-ethyl adjacent to an activating group) is 1. The first kappa shape index (κ1) is 19.1. The molecule has 0 aliphatic rings. The van der Waals surface area contributed by atoms with Gasteiger partial charge in [0.1, 0.15) is 5.75 Å². The van der Waals surface area contributed by atoms with Crippen molar-refractivity contribution < 1.29 is 9.53 Å². The summed E-state index contributed by atoms with van der Waals surface area (Å²) in [4.78, 5) is 13.8. The molecule has 1 atom stereocenters. The van der Waals surface area contributed by atoms with Gasteiger partial charge in [-0.25, -0.2) is 0 Å². The standard InChI is InChI=1S/C14H22N2O2S.ClH/c1-16(14(17)12(15)8-9-19-3)10-11-6-4-5-7-13(11)18-2;/h4-7,12H,8-10,15H2,1-3H3;1H/t12-;/m0./s1. The number of halogens is 1. The van der Waals surface area contributed by atoms with Gasteiger partial charge in [0.2, 0.25) is 5.91 Å². The molecule has 20 heavy (non-hydrogen) atoms. The van der Waals surface area contributed by atoms with Crippen LogP contribution in [0.25, 0.3) is 0 Å². The maximum Gasteiger partial charge on any atom is 0.239 e. The van der Waals surface area contributed by atoms with E-state index in [-0.39, 0.29) is 18.3 Å². The molecule has 0 saturated carbocycles. The molecule has 0 unspecified atom stereocenters. The van der Waals surface area contributed by atoms with E-state index in [1.165, 1.54) is 0 Å². The second-order valence-corrected chi connectivity index (χ2v) is 5.38. The smallest absolute Gasteiger partial charge is 0.239 e. The third-order valence-electron chi connectivity index (χ3n) is 2.93. The van der Waals surface area contributed by atoms with Crippen molar-refractivity contribution in [2.75, 3.05) is 26.2 Å². The lowest BCUT2D eigenvalue weighted by atomic mass is 10.1. The van der Waals surface area contributed by atoms with Gasteiger partial charge < -0.3 is 15.4 Å². The Morgan fingerprint density at radius 3 is 2.70 bits per heavy atom. The van der Waals surface area contributed by atoms with Crippen molar-refractivity contribution in [1.29, 1.82) is 0 Å². The van der Waals surface area contributed by atoms with E-state index >= 15 is 0 Å². The van der Waals surface area contributed by atoms with E-state index in [1.54, 1.807) is 30.8 Å². The SMILES string of the molecule is COc1ccccc1CN(C)C(=O)[C@@H](N)CCSC.Cl. The van der Waals surface area contributed by atoms with Gasteiger partial charge in [0.25, 0.3) is 0 Å². The Morgan fingerprint density at radius 1 is 1.45 bits per heavy atom. The van der Waals surface area contributed by atoms with Crippen LogP contribution < -0.4 is 10.5 Å². The maximum atomic E-state index is 12.1. The predicted octanol–water partition coefficient (Wildman–Crippen LogP) is 2.16. The summed E-state index contributed by atoms with van der Waals surface area (Å²) in [6, 6.07) is 7.27. The lowest BCUT2D eigenvalue weighted by molar-refractivity contribution is -0.131. The molecular weight excluding hydrogens is 296 g/mol. The van der Waals surface area contributed by atoms with E-state index < -0.39 is 6.04 Å². The maximum absolute atomic E-state index is 12.1. The summed E-state index contributed by atoms with van der Waals surface area (Å²) in [5.74, 6) is 1.66. The third-order valence-corrected chi connectivity index (χ3v) is 3.57. The van der Waals surface area contributed by atoms with Gasteiger partial charge in [-0.05, 0) is 24.5 Å². The lowest BCUT2D eigenvalue weighted by Crippen LogP contribution is -2.41. The second-order valence-electron chi connectivity index (χ2n) is 4.39. The highest BCUT2D eigenvalue weighted by Gasteiger charge is 2.18. The summed E-state index contributed by atoms with van der Waals surface area (Å²) in [5.41, 5.74) is 6.88. The van der Waals surface area contributed by atoms with Gasteiger partial charge in [-0.1, -0.05) is 18.2 Å². The minimum atomic E-state index is -0.424. The van der Waals surface area contributed by atoms with E-state index in [4.69, 9.17) is 10.5 Å². The molecule has 0 aliphatic carbocycles. The van der Waals surface area contributed by atoms with Crippen LogP contribution in [0.5, 0.6) is 5.75 Å². The monoisotopic (exact) mass is 318 g/mol. The van der Waals surface area contributed by atoms with Gasteiger partial charge in [-0.2, -0.15) is 11.8 Å². The summed E-state index contributed by atoms with van der Waals surface area (Å²) in [5, 5.41) is 0. The van der Waals surface area contributed by atoms with Gasteiger partial charge in [0, 0.05) is 19.2 Å². The zero-order chi connectivity index (χ0) is 14.3. The van der Waals surface area contributed by atoms with Crippen molar-refractivity contribution in [2.45, 2.75) is 19.0 Å². The molecule has 0 saturated heterocycles. The Balaban J connectivity index is 0.00000361. The third kappa shape index (κ3) is 5.61. The number of nitrogens with two attached hydrogens (primary N) is 1. The highest BCUT2D eigenvalue weighted by molar-refractivity contribution is 7.98. The molecule has 0 aliphatic heterocycles. The number of ether oxygens (including phenoxy) is 1. The second kappa shape index (κ2) is 9.91. The van der Waals surface area contributed by atoms with Crippen LogP contribution in [0, 0.1) is 0 Å². The van der Waals surface area contributed by atoms with Gasteiger partial charge in [-0.15, -0.1) is 12.4 Å². The molecule has 1 aromatic carbocycles. The first-order valence-electron chi connectivity index (χ1n) is 6.21. The van der Waals surface area contributed by atoms with Crippen molar-refractivity contribution in [3.8, 4) is 5.75 Å². The molecule has 6 heteroatoms. The van der Waals surface area contributed by atoms with Crippen molar-refractivity contribution >= 4 is 30.1 Å². The van der Waals surface area contributed by atoms with Crippen LogP contribution in [0.3, 0.4) is 0 Å². The Bertz CT molecular complexity index is 418. The Hall–Kier alpha value is -0.910. The number of hydrogen-bond donors (Lipinski definition) is 1. The number of thioether (sulfide) groups is 1. The van der Waals surface area contributed by atoms with E-state index in [1.807, 2.05) is 30.5 Å². The summed E-state index contributed by atoms with van der Waals surface area (Å²) in [7, 11) is 3.40. The summed E-state index contributed by atoms with van der Waals surface area (Å²) in [6.07, 6.45) is 2.71. The van der Waals surface area contributed by atoms with Crippen LogP contribution in [-0.4, -0.2) is 43.0 Å². The number of rotatable bonds is 7. The van der Waals surface area contributed by atoms with Gasteiger partial charge in [0.05, 0.1) is 13.2 Å². The Kier molecular flexibility index (Phi) is 9.46. The van der Waals surface area contributed by atoms with Crippen LogP contribution in [0.4, 0.5) is 0 Å². The quantitative estimate of drug-likeness (QED) is 0.837. The average Bonchev–Trinajstić information content (AvgIpc) is 2.44. The van der Waals surface area contributed by atoms with Crippen LogP contribution in [-0.2, 0) is 11.3 Å². The number of para-hydroxylation sites is 1. The number of benzene rings is 1. The number of nitrogens with zero attached hydrogens (tertiary/aromatic N) is 1. The van der Waals surface area contributed by atoms with Crippen molar-refractivity contribution in [2.24, 2.45) is 5.73 Å². The normalized spacial score (nSPS) is 11.4. The van der Waals surface area contributed by atoms with Crippen molar-refractivity contribution in [1.82, 2.24) is 4.90 Å². The summed E-state index contributed by atoms with van der Waals surface area (Å²) in [6.45, 7) is 0.510. The van der Waals surface area contributed by atoms with Crippen molar-refractivity contribution in [3.05, 3.63) is 29.8 Å². The van der Waals surface area contributed by atoms with Crippen LogP contribution in [0.2, 0.25) is 0 Å². The summed E-state index contributed by atoms with van der Waals surface area (Å²) < 4.78 is 5.28. The molecular formula is C14H23ClN2O2S.